The van der Waals surface area contributed by atoms with Crippen LogP contribution in [-0.4, -0.2) is 4.98 Å². The van der Waals surface area contributed by atoms with Gasteiger partial charge in [0.1, 0.15) is 0 Å². The summed E-state index contributed by atoms with van der Waals surface area (Å²) in [6.07, 6.45) is 0. The van der Waals surface area contributed by atoms with Gasteiger partial charge in [0.25, 0.3) is 0 Å². The van der Waals surface area contributed by atoms with Gasteiger partial charge in [0.15, 0.2) is 0 Å². The average Bonchev–Trinajstić information content (AvgIpc) is 1.91. The van der Waals surface area contributed by atoms with Gasteiger partial charge in [-0.3, -0.25) is 0 Å². The first-order valence-corrected chi connectivity index (χ1v) is 3.05. The van der Waals surface area contributed by atoms with Crippen LogP contribution in [0.4, 0.5) is 0 Å². The Morgan fingerprint density at radius 1 is 1.50 bits per heavy atom. The zero-order chi connectivity index (χ0) is 5.28. The molecule has 0 amide bonds. The van der Waals surface area contributed by atoms with Crippen LogP contribution in [0, 0.1) is 13.8 Å². The van der Waals surface area contributed by atoms with Crippen molar-refractivity contribution in [3.8, 4) is 0 Å². The lowest BCUT2D eigenvalue weighted by atomic mass is 10.4. The molecule has 1 nitrogen and oxygen atoms in total. The van der Waals surface area contributed by atoms with Crippen molar-refractivity contribution in [3.63, 3.8) is 0 Å². The Bertz CT molecular complexity index is 145. The summed E-state index contributed by atoms with van der Waals surface area (Å²) in [5.74, 6) is 0. The molecule has 0 fully saturated rings. The molecule has 0 saturated carbocycles. The maximum Gasteiger partial charge on any atom is 0.0797 e. The Balaban J connectivity index is 0.000000490. The standard InChI is InChI=1S/C5H7NS.BrH/c1-4-5(2)7-3-6-4;/h3H,1-2H3;1H. The molecule has 0 unspecified atom stereocenters. The maximum absolute atomic E-state index is 4.03. The number of hydrogen-bond acceptors (Lipinski definition) is 2. The van der Waals surface area contributed by atoms with E-state index in [1.54, 1.807) is 11.3 Å². The number of aryl methyl sites for hydroxylation is 2. The lowest BCUT2D eigenvalue weighted by Gasteiger charge is -1.77. The number of halogens is 1. The predicted molar refractivity (Wildman–Crippen MR) is 41.9 cm³/mol. The Kier molecular flexibility index (Phi) is 3.24. The molecule has 0 aliphatic rings. The summed E-state index contributed by atoms with van der Waals surface area (Å²) in [7, 11) is 0. The largest absolute Gasteiger partial charge is 0.250 e. The third-order valence-electron chi connectivity index (χ3n) is 0.985. The fraction of sp³-hybridized carbons (Fsp3) is 0.400. The van der Waals surface area contributed by atoms with E-state index in [1.807, 2.05) is 12.4 Å². The smallest absolute Gasteiger partial charge is 0.0797 e. The van der Waals surface area contributed by atoms with Crippen molar-refractivity contribution in [2.24, 2.45) is 0 Å². The molecule has 0 bridgehead atoms. The van der Waals surface area contributed by atoms with Crippen LogP contribution in [0.1, 0.15) is 10.6 Å². The summed E-state index contributed by atoms with van der Waals surface area (Å²) in [4.78, 5) is 5.35. The highest BCUT2D eigenvalue weighted by Crippen LogP contribution is 2.07. The van der Waals surface area contributed by atoms with Crippen molar-refractivity contribution in [1.82, 2.24) is 4.98 Å². The van der Waals surface area contributed by atoms with E-state index in [1.165, 1.54) is 4.88 Å². The second-order valence-electron chi connectivity index (χ2n) is 1.49. The third-order valence-corrected chi connectivity index (χ3v) is 1.85. The van der Waals surface area contributed by atoms with Gasteiger partial charge in [-0.05, 0) is 13.8 Å². The molecule has 0 aromatic carbocycles. The molecule has 1 aromatic heterocycles. The van der Waals surface area contributed by atoms with Crippen LogP contribution < -0.4 is 0 Å². The minimum Gasteiger partial charge on any atom is -0.250 e. The van der Waals surface area contributed by atoms with Crippen molar-refractivity contribution >= 4 is 28.3 Å². The number of rotatable bonds is 0. The average molecular weight is 194 g/mol. The maximum atomic E-state index is 4.03. The third kappa shape index (κ3) is 1.56. The summed E-state index contributed by atoms with van der Waals surface area (Å²) in [6.45, 7) is 4.10. The van der Waals surface area contributed by atoms with Gasteiger partial charge in [0.2, 0.25) is 0 Å². The van der Waals surface area contributed by atoms with E-state index in [0.29, 0.717) is 0 Å². The highest BCUT2D eigenvalue weighted by Gasteiger charge is 1.88. The molecule has 0 N–H and O–H groups in total. The molecule has 0 atom stereocenters. The van der Waals surface area contributed by atoms with Crippen LogP contribution in [0.15, 0.2) is 5.51 Å². The minimum atomic E-state index is 0. The quantitative estimate of drug-likeness (QED) is 0.617. The molecule has 0 aliphatic carbocycles. The molecule has 0 radical (unpaired) electrons. The lowest BCUT2D eigenvalue weighted by Crippen LogP contribution is -1.68. The summed E-state index contributed by atoms with van der Waals surface area (Å²) in [5, 5.41) is 0. The van der Waals surface area contributed by atoms with E-state index in [0.717, 1.165) is 5.69 Å². The van der Waals surface area contributed by atoms with E-state index in [2.05, 4.69) is 11.9 Å². The van der Waals surface area contributed by atoms with Gasteiger partial charge in [0.05, 0.1) is 11.2 Å². The molecular weight excluding hydrogens is 186 g/mol. The van der Waals surface area contributed by atoms with Crippen LogP contribution in [0.25, 0.3) is 0 Å². The fourth-order valence-corrected chi connectivity index (χ4v) is 0.953. The van der Waals surface area contributed by atoms with Crippen molar-refractivity contribution in [1.29, 1.82) is 0 Å². The number of nitrogens with zero attached hydrogens (tertiary/aromatic N) is 1. The predicted octanol–water partition coefficient (Wildman–Crippen LogP) is 2.34. The van der Waals surface area contributed by atoms with Gasteiger partial charge < -0.3 is 0 Å². The fourth-order valence-electron chi connectivity index (χ4n) is 0.361. The van der Waals surface area contributed by atoms with E-state index in [9.17, 15) is 0 Å². The topological polar surface area (TPSA) is 12.9 Å². The molecule has 0 saturated heterocycles. The summed E-state index contributed by atoms with van der Waals surface area (Å²) < 4.78 is 0. The van der Waals surface area contributed by atoms with Gasteiger partial charge in [-0.2, -0.15) is 0 Å². The van der Waals surface area contributed by atoms with E-state index in [4.69, 9.17) is 0 Å². The van der Waals surface area contributed by atoms with Crippen LogP contribution >= 0.6 is 28.3 Å². The molecule has 1 rings (SSSR count). The summed E-state index contributed by atoms with van der Waals surface area (Å²) in [6, 6.07) is 0. The van der Waals surface area contributed by atoms with E-state index in [-0.39, 0.29) is 17.0 Å². The molecule has 8 heavy (non-hydrogen) atoms. The van der Waals surface area contributed by atoms with Crippen molar-refractivity contribution < 1.29 is 0 Å². The van der Waals surface area contributed by atoms with E-state index >= 15 is 0 Å². The first-order valence-electron chi connectivity index (χ1n) is 2.17. The van der Waals surface area contributed by atoms with Crippen molar-refractivity contribution in [2.45, 2.75) is 13.8 Å². The highest BCUT2D eigenvalue weighted by molar-refractivity contribution is 8.93. The van der Waals surface area contributed by atoms with Crippen LogP contribution in [0.5, 0.6) is 0 Å². The molecule has 1 heterocycles. The molecular formula is C5H8BrNS. The van der Waals surface area contributed by atoms with Crippen LogP contribution in [0.3, 0.4) is 0 Å². The van der Waals surface area contributed by atoms with Crippen LogP contribution in [0.2, 0.25) is 0 Å². The number of aromatic nitrogens is 1. The zero-order valence-corrected chi connectivity index (χ0v) is 7.37. The molecule has 3 heteroatoms. The van der Waals surface area contributed by atoms with Gasteiger partial charge in [0, 0.05) is 4.88 Å². The minimum absolute atomic E-state index is 0. The Morgan fingerprint density at radius 2 is 2.12 bits per heavy atom. The monoisotopic (exact) mass is 193 g/mol. The van der Waals surface area contributed by atoms with Crippen LogP contribution in [-0.2, 0) is 0 Å². The van der Waals surface area contributed by atoms with E-state index < -0.39 is 0 Å². The highest BCUT2D eigenvalue weighted by atomic mass is 79.9. The number of thiazole rings is 1. The van der Waals surface area contributed by atoms with Crippen molar-refractivity contribution in [2.75, 3.05) is 0 Å². The SMILES string of the molecule is Br.Cc1ncsc1C. The molecule has 0 aliphatic heterocycles. The van der Waals surface area contributed by atoms with Gasteiger partial charge >= 0.3 is 0 Å². The molecule has 0 spiro atoms. The Hall–Kier alpha value is 0.110. The second-order valence-corrected chi connectivity index (χ2v) is 2.55. The Morgan fingerprint density at radius 3 is 2.25 bits per heavy atom. The molecule has 1 aromatic rings. The second kappa shape index (κ2) is 3.20. The normalized spacial score (nSPS) is 8.25. The first kappa shape index (κ1) is 8.11. The van der Waals surface area contributed by atoms with Gasteiger partial charge in [-0.1, -0.05) is 0 Å². The summed E-state index contributed by atoms with van der Waals surface area (Å²) >= 11 is 1.69. The lowest BCUT2D eigenvalue weighted by molar-refractivity contribution is 1.23. The van der Waals surface area contributed by atoms with Crippen molar-refractivity contribution in [3.05, 3.63) is 16.1 Å². The zero-order valence-electron chi connectivity index (χ0n) is 4.84. The summed E-state index contributed by atoms with van der Waals surface area (Å²) in [5.41, 5.74) is 3.02. The molecule has 46 valence electrons. The Labute approximate surface area is 63.5 Å². The number of hydrogen-bond donors (Lipinski definition) is 0. The van der Waals surface area contributed by atoms with Gasteiger partial charge in [-0.25, -0.2) is 4.98 Å². The first-order chi connectivity index (χ1) is 3.30. The van der Waals surface area contributed by atoms with Gasteiger partial charge in [-0.15, -0.1) is 28.3 Å².